The number of rotatable bonds is 3. The Morgan fingerprint density at radius 3 is 2.92 bits per heavy atom. The van der Waals surface area contributed by atoms with Gasteiger partial charge in [0, 0.05) is 17.8 Å². The van der Waals surface area contributed by atoms with Gasteiger partial charge < -0.3 is 10.5 Å². The predicted octanol–water partition coefficient (Wildman–Crippen LogP) is 1.91. The molecule has 0 aliphatic heterocycles. The largest absolute Gasteiger partial charge is 0.383 e. The zero-order chi connectivity index (χ0) is 8.97. The lowest BCUT2D eigenvalue weighted by molar-refractivity contribution is 0.179. The van der Waals surface area contributed by atoms with Crippen LogP contribution in [0.5, 0.6) is 0 Å². The van der Waals surface area contributed by atoms with Gasteiger partial charge in [-0.3, -0.25) is 4.98 Å². The molecule has 0 saturated heterocycles. The van der Waals surface area contributed by atoms with Crippen LogP contribution in [0.1, 0.15) is 11.7 Å². The second kappa shape index (κ2) is 6.32. The first-order chi connectivity index (χ1) is 5.74. The van der Waals surface area contributed by atoms with Gasteiger partial charge >= 0.3 is 0 Å². The van der Waals surface area contributed by atoms with Crippen molar-refractivity contribution in [3.05, 3.63) is 28.5 Å². The number of halogens is 2. The van der Waals surface area contributed by atoms with Gasteiger partial charge in [-0.2, -0.15) is 0 Å². The van der Waals surface area contributed by atoms with Crippen molar-refractivity contribution in [3.63, 3.8) is 0 Å². The van der Waals surface area contributed by atoms with Crippen LogP contribution in [-0.4, -0.2) is 18.7 Å². The number of aromatic nitrogens is 1. The molecule has 13 heavy (non-hydrogen) atoms. The first-order valence-corrected chi connectivity index (χ1v) is 4.39. The fraction of sp³-hybridized carbons (Fsp3) is 0.375. The number of ether oxygens (including phenoxy) is 1. The average Bonchev–Trinajstić information content (AvgIpc) is 2.05. The maximum Gasteiger partial charge on any atom is 0.0708 e. The summed E-state index contributed by atoms with van der Waals surface area (Å²) in [6.45, 7) is 0.490. The highest BCUT2D eigenvalue weighted by atomic mass is 79.9. The average molecular weight is 268 g/mol. The Labute approximate surface area is 92.2 Å². The Balaban J connectivity index is 0.00000144. The second-order valence-corrected chi connectivity index (χ2v) is 3.38. The monoisotopic (exact) mass is 266 g/mol. The molecule has 1 atom stereocenters. The van der Waals surface area contributed by atoms with Gasteiger partial charge in [-0.15, -0.1) is 12.4 Å². The van der Waals surface area contributed by atoms with Gasteiger partial charge in [-0.1, -0.05) is 15.9 Å². The molecular weight excluding hydrogens is 255 g/mol. The van der Waals surface area contributed by atoms with Crippen molar-refractivity contribution in [2.24, 2.45) is 5.73 Å². The first-order valence-electron chi connectivity index (χ1n) is 3.60. The number of nitrogens with zero attached hydrogens (tertiary/aromatic N) is 1. The molecule has 0 aromatic carbocycles. The van der Waals surface area contributed by atoms with Crippen LogP contribution in [0.2, 0.25) is 0 Å². The van der Waals surface area contributed by atoms with Crippen molar-refractivity contribution in [2.45, 2.75) is 6.04 Å². The summed E-state index contributed by atoms with van der Waals surface area (Å²) in [5.74, 6) is 0. The molecule has 1 aromatic heterocycles. The third-order valence-corrected chi connectivity index (χ3v) is 1.96. The third-order valence-electron chi connectivity index (χ3n) is 1.47. The van der Waals surface area contributed by atoms with E-state index in [1.165, 1.54) is 0 Å². The van der Waals surface area contributed by atoms with E-state index >= 15 is 0 Å². The van der Waals surface area contributed by atoms with Crippen molar-refractivity contribution in [3.8, 4) is 0 Å². The van der Waals surface area contributed by atoms with Gasteiger partial charge in [0.2, 0.25) is 0 Å². The van der Waals surface area contributed by atoms with Crippen LogP contribution in [-0.2, 0) is 4.74 Å². The van der Waals surface area contributed by atoms with Gasteiger partial charge in [-0.25, -0.2) is 0 Å². The zero-order valence-corrected chi connectivity index (χ0v) is 9.64. The molecular formula is C8H12BrClN2O. The van der Waals surface area contributed by atoms with E-state index in [1.807, 2.05) is 12.1 Å². The smallest absolute Gasteiger partial charge is 0.0708 e. The highest BCUT2D eigenvalue weighted by Gasteiger charge is 2.06. The number of hydrogen-bond acceptors (Lipinski definition) is 3. The summed E-state index contributed by atoms with van der Waals surface area (Å²) in [5.41, 5.74) is 6.61. The van der Waals surface area contributed by atoms with E-state index in [0.717, 1.165) is 10.2 Å². The predicted molar refractivity (Wildman–Crippen MR) is 58.0 cm³/mol. The Hall–Kier alpha value is -0.160. The highest BCUT2D eigenvalue weighted by Crippen LogP contribution is 2.13. The Morgan fingerprint density at radius 1 is 1.69 bits per heavy atom. The molecule has 1 aromatic rings. The molecule has 0 spiro atoms. The van der Waals surface area contributed by atoms with E-state index in [1.54, 1.807) is 13.3 Å². The number of methoxy groups -OCH3 is 1. The molecule has 0 radical (unpaired) electrons. The molecule has 0 fully saturated rings. The lowest BCUT2D eigenvalue weighted by atomic mass is 10.2. The molecule has 0 bridgehead atoms. The summed E-state index contributed by atoms with van der Waals surface area (Å²) in [6.07, 6.45) is 1.72. The molecule has 3 nitrogen and oxygen atoms in total. The SMILES string of the molecule is COCC(N)c1cc(Br)ccn1.Cl. The van der Waals surface area contributed by atoms with E-state index in [2.05, 4.69) is 20.9 Å². The minimum atomic E-state index is -0.146. The standard InChI is InChI=1S/C8H11BrN2O.ClH/c1-12-5-7(10)8-4-6(9)2-3-11-8;/h2-4,7H,5,10H2,1H3;1H. The summed E-state index contributed by atoms with van der Waals surface area (Å²) in [4.78, 5) is 4.12. The fourth-order valence-corrected chi connectivity index (χ4v) is 1.24. The van der Waals surface area contributed by atoms with Gasteiger partial charge in [-0.05, 0) is 12.1 Å². The topological polar surface area (TPSA) is 48.1 Å². The van der Waals surface area contributed by atoms with Gasteiger partial charge in [0.05, 0.1) is 18.3 Å². The van der Waals surface area contributed by atoms with Gasteiger partial charge in [0.15, 0.2) is 0 Å². The summed E-state index contributed by atoms with van der Waals surface area (Å²) in [5, 5.41) is 0. The summed E-state index contributed by atoms with van der Waals surface area (Å²) >= 11 is 3.35. The minimum absolute atomic E-state index is 0. The van der Waals surface area contributed by atoms with E-state index < -0.39 is 0 Å². The molecule has 1 heterocycles. The van der Waals surface area contributed by atoms with E-state index in [9.17, 15) is 0 Å². The van der Waals surface area contributed by atoms with Crippen LogP contribution in [0.4, 0.5) is 0 Å². The fourth-order valence-electron chi connectivity index (χ4n) is 0.889. The van der Waals surface area contributed by atoms with Crippen molar-refractivity contribution in [1.29, 1.82) is 0 Å². The number of nitrogens with two attached hydrogens (primary N) is 1. The van der Waals surface area contributed by atoms with E-state index in [4.69, 9.17) is 10.5 Å². The molecule has 0 amide bonds. The molecule has 5 heteroatoms. The summed E-state index contributed by atoms with van der Waals surface area (Å²) in [6, 6.07) is 3.61. The molecule has 74 valence electrons. The van der Waals surface area contributed by atoms with Crippen LogP contribution in [0.25, 0.3) is 0 Å². The van der Waals surface area contributed by atoms with Gasteiger partial charge in [0.25, 0.3) is 0 Å². The lowest BCUT2D eigenvalue weighted by Gasteiger charge is -2.09. The maximum atomic E-state index is 5.77. The Bertz CT molecular complexity index is 260. The van der Waals surface area contributed by atoms with Crippen molar-refractivity contribution in [2.75, 3.05) is 13.7 Å². The Morgan fingerprint density at radius 2 is 2.38 bits per heavy atom. The van der Waals surface area contributed by atoms with Crippen molar-refractivity contribution < 1.29 is 4.74 Å². The van der Waals surface area contributed by atoms with Crippen LogP contribution >= 0.6 is 28.3 Å². The first kappa shape index (κ1) is 12.8. The van der Waals surface area contributed by atoms with Crippen LogP contribution in [0, 0.1) is 0 Å². The highest BCUT2D eigenvalue weighted by molar-refractivity contribution is 9.10. The normalized spacial score (nSPS) is 11.9. The quantitative estimate of drug-likeness (QED) is 0.910. The number of hydrogen-bond donors (Lipinski definition) is 1. The molecule has 0 saturated carbocycles. The molecule has 0 aliphatic carbocycles. The molecule has 1 unspecified atom stereocenters. The maximum absolute atomic E-state index is 5.77. The summed E-state index contributed by atoms with van der Waals surface area (Å²) < 4.78 is 5.90. The second-order valence-electron chi connectivity index (χ2n) is 2.46. The van der Waals surface area contributed by atoms with E-state index in [0.29, 0.717) is 6.61 Å². The van der Waals surface area contributed by atoms with Gasteiger partial charge in [0.1, 0.15) is 0 Å². The molecule has 1 rings (SSSR count). The van der Waals surface area contributed by atoms with E-state index in [-0.39, 0.29) is 18.4 Å². The Kier molecular flexibility index (Phi) is 6.24. The van der Waals surface area contributed by atoms with Crippen LogP contribution in [0.15, 0.2) is 22.8 Å². The molecule has 0 aliphatic rings. The van der Waals surface area contributed by atoms with Crippen molar-refractivity contribution in [1.82, 2.24) is 4.98 Å². The molecule has 2 N–H and O–H groups in total. The van der Waals surface area contributed by atoms with Crippen LogP contribution in [0.3, 0.4) is 0 Å². The zero-order valence-electron chi connectivity index (χ0n) is 7.24. The number of pyridine rings is 1. The lowest BCUT2D eigenvalue weighted by Crippen LogP contribution is -2.17. The third kappa shape index (κ3) is 4.04. The minimum Gasteiger partial charge on any atom is -0.383 e. The van der Waals surface area contributed by atoms with Crippen LogP contribution < -0.4 is 5.73 Å². The van der Waals surface area contributed by atoms with Crippen molar-refractivity contribution >= 4 is 28.3 Å². The summed E-state index contributed by atoms with van der Waals surface area (Å²) in [7, 11) is 1.62.